The molecule has 1 heterocycles. The summed E-state index contributed by atoms with van der Waals surface area (Å²) < 4.78 is 0.972. The lowest BCUT2D eigenvalue weighted by Gasteiger charge is -2.05. The second-order valence-corrected chi connectivity index (χ2v) is 4.77. The van der Waals surface area contributed by atoms with Gasteiger partial charge in [0.1, 0.15) is 11.8 Å². The first-order valence-electron chi connectivity index (χ1n) is 5.58. The van der Waals surface area contributed by atoms with Crippen LogP contribution in [0.4, 0.5) is 0 Å². The highest BCUT2D eigenvalue weighted by Gasteiger charge is 2.05. The van der Waals surface area contributed by atoms with E-state index in [0.717, 1.165) is 10.0 Å². The summed E-state index contributed by atoms with van der Waals surface area (Å²) in [5, 5.41) is 11.4. The Morgan fingerprint density at radius 2 is 2.21 bits per heavy atom. The van der Waals surface area contributed by atoms with Crippen LogP contribution in [0.2, 0.25) is 0 Å². The number of hydrogen-bond acceptors (Lipinski definition) is 3. The number of benzene rings is 1. The Balaban J connectivity index is 1.99. The van der Waals surface area contributed by atoms with E-state index in [0.29, 0.717) is 17.8 Å². The van der Waals surface area contributed by atoms with Crippen LogP contribution < -0.4 is 5.32 Å². The number of nitrogens with zero attached hydrogens (tertiary/aromatic N) is 2. The van der Waals surface area contributed by atoms with Crippen molar-refractivity contribution in [2.45, 2.75) is 6.54 Å². The van der Waals surface area contributed by atoms with Gasteiger partial charge in [-0.3, -0.25) is 4.79 Å². The van der Waals surface area contributed by atoms with E-state index in [1.54, 1.807) is 6.07 Å². The highest BCUT2D eigenvalue weighted by Crippen LogP contribution is 2.11. The molecule has 1 amide bonds. The highest BCUT2D eigenvalue weighted by atomic mass is 79.9. The third kappa shape index (κ3) is 3.63. The lowest BCUT2D eigenvalue weighted by molar-refractivity contribution is 0.0950. The van der Waals surface area contributed by atoms with Gasteiger partial charge in [-0.2, -0.15) is 5.26 Å². The summed E-state index contributed by atoms with van der Waals surface area (Å²) in [5.41, 5.74) is 1.74. The van der Waals surface area contributed by atoms with Crippen molar-refractivity contribution in [3.63, 3.8) is 0 Å². The lowest BCUT2D eigenvalue weighted by Crippen LogP contribution is -2.22. The van der Waals surface area contributed by atoms with Crippen LogP contribution >= 0.6 is 15.9 Å². The Morgan fingerprint density at radius 1 is 1.37 bits per heavy atom. The molecule has 0 radical (unpaired) electrons. The maximum absolute atomic E-state index is 11.9. The Morgan fingerprint density at radius 3 is 2.84 bits per heavy atom. The fraction of sp³-hybridized carbons (Fsp3) is 0.0714. The SMILES string of the molecule is N#Cc1ccc(C(=O)NCc2cccc(Br)c2)cn1. The first kappa shape index (κ1) is 13.2. The fourth-order valence-electron chi connectivity index (χ4n) is 1.53. The van der Waals surface area contributed by atoms with Gasteiger partial charge in [0, 0.05) is 17.2 Å². The van der Waals surface area contributed by atoms with E-state index in [2.05, 4.69) is 26.2 Å². The molecular formula is C14H10BrN3O. The van der Waals surface area contributed by atoms with Gasteiger partial charge >= 0.3 is 0 Å². The number of halogens is 1. The summed E-state index contributed by atoms with van der Waals surface area (Å²) >= 11 is 3.38. The lowest BCUT2D eigenvalue weighted by atomic mass is 10.2. The van der Waals surface area contributed by atoms with Gasteiger partial charge in [-0.1, -0.05) is 28.1 Å². The van der Waals surface area contributed by atoms with Gasteiger partial charge in [-0.25, -0.2) is 4.98 Å². The Kier molecular flexibility index (Phi) is 4.26. The van der Waals surface area contributed by atoms with Gasteiger partial charge in [0.2, 0.25) is 0 Å². The minimum absolute atomic E-state index is 0.211. The molecule has 0 saturated carbocycles. The van der Waals surface area contributed by atoms with Gasteiger partial charge in [0.05, 0.1) is 5.56 Å². The van der Waals surface area contributed by atoms with E-state index < -0.39 is 0 Å². The highest BCUT2D eigenvalue weighted by molar-refractivity contribution is 9.10. The summed E-state index contributed by atoms with van der Waals surface area (Å²) in [4.78, 5) is 15.7. The summed E-state index contributed by atoms with van der Waals surface area (Å²) in [6.07, 6.45) is 1.40. The smallest absolute Gasteiger partial charge is 0.253 e. The molecule has 2 aromatic rings. The molecule has 0 fully saturated rings. The van der Waals surface area contributed by atoms with Gasteiger partial charge in [-0.05, 0) is 29.8 Å². The number of aromatic nitrogens is 1. The van der Waals surface area contributed by atoms with E-state index in [1.807, 2.05) is 30.3 Å². The first-order chi connectivity index (χ1) is 9.19. The quantitative estimate of drug-likeness (QED) is 0.946. The number of nitrogens with one attached hydrogen (secondary N) is 1. The normalized spacial score (nSPS) is 9.68. The van der Waals surface area contributed by atoms with E-state index in [4.69, 9.17) is 5.26 Å². The molecule has 94 valence electrons. The molecular weight excluding hydrogens is 306 g/mol. The van der Waals surface area contributed by atoms with Crippen LogP contribution in [0.15, 0.2) is 47.1 Å². The summed E-state index contributed by atoms with van der Waals surface area (Å²) in [7, 11) is 0. The van der Waals surface area contributed by atoms with Crippen molar-refractivity contribution < 1.29 is 4.79 Å². The summed E-state index contributed by atoms with van der Waals surface area (Å²) in [6, 6.07) is 12.7. The van der Waals surface area contributed by atoms with Gasteiger partial charge in [0.15, 0.2) is 0 Å². The zero-order valence-electron chi connectivity index (χ0n) is 9.93. The number of carbonyl (C=O) groups excluding carboxylic acids is 1. The predicted octanol–water partition coefficient (Wildman–Crippen LogP) is 2.65. The molecule has 0 aliphatic heterocycles. The zero-order chi connectivity index (χ0) is 13.7. The molecule has 0 spiro atoms. The molecule has 4 nitrogen and oxygen atoms in total. The number of amides is 1. The van der Waals surface area contributed by atoms with E-state index >= 15 is 0 Å². The molecule has 1 aromatic carbocycles. The van der Waals surface area contributed by atoms with Crippen LogP contribution in [0.1, 0.15) is 21.6 Å². The third-order valence-corrected chi connectivity index (χ3v) is 2.98. The molecule has 0 unspecified atom stereocenters. The van der Waals surface area contributed by atoms with Crippen molar-refractivity contribution >= 4 is 21.8 Å². The average Bonchev–Trinajstić information content (AvgIpc) is 2.45. The molecule has 2 rings (SSSR count). The van der Waals surface area contributed by atoms with Crippen molar-refractivity contribution in [1.29, 1.82) is 5.26 Å². The number of nitriles is 1. The van der Waals surface area contributed by atoms with Crippen LogP contribution in [-0.2, 0) is 6.54 Å². The van der Waals surface area contributed by atoms with Gasteiger partial charge < -0.3 is 5.32 Å². The minimum atomic E-state index is -0.211. The molecule has 0 aliphatic rings. The van der Waals surface area contributed by atoms with E-state index in [1.165, 1.54) is 12.3 Å². The van der Waals surface area contributed by atoms with Crippen molar-refractivity contribution in [3.8, 4) is 6.07 Å². The molecule has 5 heteroatoms. The molecule has 0 aliphatic carbocycles. The largest absolute Gasteiger partial charge is 0.348 e. The van der Waals surface area contributed by atoms with Crippen LogP contribution in [0.25, 0.3) is 0 Å². The maximum Gasteiger partial charge on any atom is 0.253 e. The van der Waals surface area contributed by atoms with Crippen molar-refractivity contribution in [1.82, 2.24) is 10.3 Å². The monoisotopic (exact) mass is 315 g/mol. The van der Waals surface area contributed by atoms with Gasteiger partial charge in [-0.15, -0.1) is 0 Å². The summed E-state index contributed by atoms with van der Waals surface area (Å²) in [5.74, 6) is -0.211. The van der Waals surface area contributed by atoms with Crippen LogP contribution in [-0.4, -0.2) is 10.9 Å². The maximum atomic E-state index is 11.9. The van der Waals surface area contributed by atoms with Crippen LogP contribution in [0, 0.1) is 11.3 Å². The van der Waals surface area contributed by atoms with E-state index in [-0.39, 0.29) is 5.91 Å². The van der Waals surface area contributed by atoms with Crippen molar-refractivity contribution in [3.05, 3.63) is 63.9 Å². The topological polar surface area (TPSA) is 65.8 Å². The Bertz CT molecular complexity index is 632. The number of carbonyl (C=O) groups is 1. The second kappa shape index (κ2) is 6.12. The number of hydrogen-bond donors (Lipinski definition) is 1. The van der Waals surface area contributed by atoms with Crippen LogP contribution in [0.3, 0.4) is 0 Å². The number of pyridine rings is 1. The Labute approximate surface area is 119 Å². The molecule has 0 bridgehead atoms. The molecule has 0 saturated heterocycles. The van der Waals surface area contributed by atoms with Crippen molar-refractivity contribution in [2.75, 3.05) is 0 Å². The molecule has 1 aromatic heterocycles. The van der Waals surface area contributed by atoms with Gasteiger partial charge in [0.25, 0.3) is 5.91 Å². The minimum Gasteiger partial charge on any atom is -0.348 e. The standard InChI is InChI=1S/C14H10BrN3O/c15-12-3-1-2-10(6-12)8-18-14(19)11-4-5-13(7-16)17-9-11/h1-6,9H,8H2,(H,18,19). The van der Waals surface area contributed by atoms with Crippen molar-refractivity contribution in [2.24, 2.45) is 0 Å². The number of rotatable bonds is 3. The average molecular weight is 316 g/mol. The Hall–Kier alpha value is -2.19. The second-order valence-electron chi connectivity index (χ2n) is 3.86. The fourth-order valence-corrected chi connectivity index (χ4v) is 1.97. The predicted molar refractivity (Wildman–Crippen MR) is 74.3 cm³/mol. The van der Waals surface area contributed by atoms with Crippen LogP contribution in [0.5, 0.6) is 0 Å². The zero-order valence-corrected chi connectivity index (χ0v) is 11.5. The third-order valence-electron chi connectivity index (χ3n) is 2.48. The molecule has 1 N–H and O–H groups in total. The molecule has 19 heavy (non-hydrogen) atoms. The summed E-state index contributed by atoms with van der Waals surface area (Å²) in [6.45, 7) is 0.443. The first-order valence-corrected chi connectivity index (χ1v) is 6.37. The molecule has 0 atom stereocenters. The van der Waals surface area contributed by atoms with E-state index in [9.17, 15) is 4.79 Å².